The topological polar surface area (TPSA) is 66.9 Å². The molecule has 1 aromatic carbocycles. The molecule has 0 bridgehead atoms. The number of likely N-dealkylation sites (tertiary alicyclic amines) is 1. The van der Waals surface area contributed by atoms with E-state index in [4.69, 9.17) is 16.3 Å². The molecule has 0 aliphatic carbocycles. The van der Waals surface area contributed by atoms with Crippen molar-refractivity contribution in [1.82, 2.24) is 25.1 Å². The van der Waals surface area contributed by atoms with Crippen molar-refractivity contribution < 1.29 is 4.74 Å². The van der Waals surface area contributed by atoms with Crippen LogP contribution in [0.1, 0.15) is 54.9 Å². The van der Waals surface area contributed by atoms with E-state index < -0.39 is 0 Å². The van der Waals surface area contributed by atoms with Crippen molar-refractivity contribution in [1.29, 1.82) is 0 Å². The third-order valence-corrected chi connectivity index (χ3v) is 5.66. The molecule has 1 fully saturated rings. The van der Waals surface area contributed by atoms with Crippen LogP contribution in [0.4, 0.5) is 0 Å². The Morgan fingerprint density at radius 3 is 2.83 bits per heavy atom. The summed E-state index contributed by atoms with van der Waals surface area (Å²) < 4.78 is 5.78. The quantitative estimate of drug-likeness (QED) is 0.571. The van der Waals surface area contributed by atoms with Crippen LogP contribution in [0.5, 0.6) is 5.75 Å². The Morgan fingerprint density at radius 2 is 2.07 bits per heavy atom. The van der Waals surface area contributed by atoms with E-state index in [2.05, 4.69) is 45.0 Å². The summed E-state index contributed by atoms with van der Waals surface area (Å²) in [4.78, 5) is 11.4. The molecule has 3 aromatic rings. The van der Waals surface area contributed by atoms with Gasteiger partial charge in [-0.1, -0.05) is 31.5 Å². The summed E-state index contributed by atoms with van der Waals surface area (Å²) >= 11 is 5.99. The van der Waals surface area contributed by atoms with Gasteiger partial charge in [-0.15, -0.1) is 0 Å². The average Bonchev–Trinajstić information content (AvgIpc) is 3.38. The number of H-pyrrole nitrogens is 1. The van der Waals surface area contributed by atoms with Gasteiger partial charge in [-0.05, 0) is 37.2 Å². The molecule has 30 heavy (non-hydrogen) atoms. The van der Waals surface area contributed by atoms with Crippen LogP contribution in [0.3, 0.4) is 0 Å². The van der Waals surface area contributed by atoms with Crippen LogP contribution >= 0.6 is 11.6 Å². The van der Waals surface area contributed by atoms with Crippen LogP contribution in [0.15, 0.2) is 42.7 Å². The molecular formula is C23H28ClN5O. The van der Waals surface area contributed by atoms with Gasteiger partial charge in [-0.2, -0.15) is 5.10 Å². The molecule has 1 N–H and O–H groups in total. The summed E-state index contributed by atoms with van der Waals surface area (Å²) in [6.07, 6.45) is 5.83. The van der Waals surface area contributed by atoms with Gasteiger partial charge in [-0.25, -0.2) is 9.97 Å². The van der Waals surface area contributed by atoms with Crippen molar-refractivity contribution in [2.24, 2.45) is 0 Å². The second-order valence-corrected chi connectivity index (χ2v) is 8.64. The second-order valence-electron chi connectivity index (χ2n) is 8.20. The van der Waals surface area contributed by atoms with Gasteiger partial charge in [-0.3, -0.25) is 10.00 Å². The summed E-state index contributed by atoms with van der Waals surface area (Å²) in [5.74, 6) is 2.51. The maximum Gasteiger partial charge on any atom is 0.130 e. The maximum atomic E-state index is 5.99. The number of nitrogens with zero attached hydrogens (tertiary/aromatic N) is 4. The van der Waals surface area contributed by atoms with Crippen LogP contribution < -0.4 is 4.74 Å². The zero-order valence-electron chi connectivity index (χ0n) is 17.5. The first kappa shape index (κ1) is 20.8. The Hall–Kier alpha value is -2.44. The molecule has 3 heterocycles. The molecule has 4 rings (SSSR count). The van der Waals surface area contributed by atoms with E-state index in [9.17, 15) is 0 Å². The number of aromatic amines is 1. The van der Waals surface area contributed by atoms with Gasteiger partial charge in [0.1, 0.15) is 11.6 Å². The minimum atomic E-state index is 0.361. The summed E-state index contributed by atoms with van der Waals surface area (Å²) in [5.41, 5.74) is 3.41. The van der Waals surface area contributed by atoms with Crippen LogP contribution in [0.2, 0.25) is 5.02 Å². The van der Waals surface area contributed by atoms with Crippen LogP contribution in [-0.2, 0) is 13.0 Å². The molecule has 1 aliphatic heterocycles. The number of benzene rings is 1. The van der Waals surface area contributed by atoms with E-state index in [0.29, 0.717) is 23.5 Å². The number of ether oxygens (including phenoxy) is 1. The summed E-state index contributed by atoms with van der Waals surface area (Å²) in [6, 6.07) is 9.65. The van der Waals surface area contributed by atoms with Gasteiger partial charge in [0.05, 0.1) is 12.3 Å². The minimum absolute atomic E-state index is 0.361. The number of rotatable bonds is 8. The van der Waals surface area contributed by atoms with E-state index in [1.54, 1.807) is 0 Å². The number of nitrogens with one attached hydrogen (secondary N) is 1. The fourth-order valence-electron chi connectivity index (χ4n) is 3.77. The molecule has 0 radical (unpaired) electrons. The first-order valence-corrected chi connectivity index (χ1v) is 10.9. The fraction of sp³-hybridized carbons (Fsp3) is 0.435. The zero-order chi connectivity index (χ0) is 20.9. The fourth-order valence-corrected chi connectivity index (χ4v) is 3.95. The predicted octanol–water partition coefficient (Wildman–Crippen LogP) is 4.59. The Kier molecular flexibility index (Phi) is 6.65. The van der Waals surface area contributed by atoms with E-state index in [1.807, 2.05) is 36.7 Å². The third-order valence-electron chi connectivity index (χ3n) is 5.43. The van der Waals surface area contributed by atoms with Gasteiger partial charge in [0.25, 0.3) is 0 Å². The molecule has 1 atom stereocenters. The van der Waals surface area contributed by atoms with Crippen molar-refractivity contribution >= 4 is 11.6 Å². The zero-order valence-corrected chi connectivity index (χ0v) is 18.3. The molecule has 158 valence electrons. The predicted molar refractivity (Wildman–Crippen MR) is 118 cm³/mol. The Bertz CT molecular complexity index is 956. The second kappa shape index (κ2) is 9.58. The lowest BCUT2D eigenvalue weighted by atomic mass is 10.0. The van der Waals surface area contributed by atoms with E-state index in [-0.39, 0.29) is 0 Å². The summed E-state index contributed by atoms with van der Waals surface area (Å²) in [6.45, 7) is 7.78. The van der Waals surface area contributed by atoms with Gasteiger partial charge in [0, 0.05) is 60.0 Å². The van der Waals surface area contributed by atoms with Crippen LogP contribution in [0.25, 0.3) is 0 Å². The van der Waals surface area contributed by atoms with Gasteiger partial charge in [0.15, 0.2) is 0 Å². The van der Waals surface area contributed by atoms with Gasteiger partial charge in [0.2, 0.25) is 0 Å². The molecule has 0 amide bonds. The van der Waals surface area contributed by atoms with Crippen molar-refractivity contribution in [3.05, 3.63) is 70.5 Å². The summed E-state index contributed by atoms with van der Waals surface area (Å²) in [7, 11) is 0. The summed E-state index contributed by atoms with van der Waals surface area (Å²) in [5, 5.41) is 8.41. The first-order chi connectivity index (χ1) is 14.6. The maximum absolute atomic E-state index is 5.99. The van der Waals surface area contributed by atoms with E-state index in [1.165, 1.54) is 5.56 Å². The van der Waals surface area contributed by atoms with Crippen LogP contribution in [-0.4, -0.2) is 44.8 Å². The van der Waals surface area contributed by atoms with Crippen molar-refractivity contribution in [3.8, 4) is 5.75 Å². The largest absolute Gasteiger partial charge is 0.493 e. The molecule has 2 aromatic heterocycles. The lowest BCUT2D eigenvalue weighted by Crippen LogP contribution is -2.20. The number of aromatic nitrogens is 4. The first-order valence-electron chi connectivity index (χ1n) is 10.5. The standard InChI is InChI=1S/C23H28ClN5O/c1-16(2)23-25-12-17(13-26-23)14-29-8-6-18(15-29)22-11-20(27-28-22)7-9-30-21-5-3-4-19(24)10-21/h3-5,10-13,16,18H,6-9,14-15H2,1-2H3,(H,27,28)/t18-/m0/s1. The number of halogens is 1. The molecular weight excluding hydrogens is 398 g/mol. The molecule has 0 unspecified atom stereocenters. The SMILES string of the molecule is CC(C)c1ncc(CN2CC[C@H](c3cc(CCOc4cccc(Cl)c4)[nH]n3)C2)cn1. The smallest absolute Gasteiger partial charge is 0.130 e. The number of hydrogen-bond donors (Lipinski definition) is 1. The lowest BCUT2D eigenvalue weighted by Gasteiger charge is -2.15. The van der Waals surface area contributed by atoms with Crippen molar-refractivity contribution in [2.45, 2.75) is 45.1 Å². The molecule has 0 saturated carbocycles. The molecule has 0 spiro atoms. The Labute approximate surface area is 182 Å². The Balaban J connectivity index is 1.26. The Morgan fingerprint density at radius 1 is 1.23 bits per heavy atom. The van der Waals surface area contributed by atoms with Crippen molar-refractivity contribution in [2.75, 3.05) is 19.7 Å². The minimum Gasteiger partial charge on any atom is -0.493 e. The molecule has 1 aliphatic rings. The highest BCUT2D eigenvalue weighted by Gasteiger charge is 2.26. The van der Waals surface area contributed by atoms with Gasteiger partial charge >= 0.3 is 0 Å². The van der Waals surface area contributed by atoms with E-state index >= 15 is 0 Å². The average molecular weight is 426 g/mol. The lowest BCUT2D eigenvalue weighted by molar-refractivity contribution is 0.320. The highest BCUT2D eigenvalue weighted by Crippen LogP contribution is 2.27. The van der Waals surface area contributed by atoms with Gasteiger partial charge < -0.3 is 4.74 Å². The normalized spacial score (nSPS) is 17.0. The van der Waals surface area contributed by atoms with E-state index in [0.717, 1.165) is 55.4 Å². The highest BCUT2D eigenvalue weighted by atomic mass is 35.5. The molecule has 7 heteroatoms. The molecule has 6 nitrogen and oxygen atoms in total. The van der Waals surface area contributed by atoms with Crippen LogP contribution in [0, 0.1) is 0 Å². The number of hydrogen-bond acceptors (Lipinski definition) is 5. The third kappa shape index (κ3) is 5.37. The highest BCUT2D eigenvalue weighted by molar-refractivity contribution is 6.30. The van der Waals surface area contributed by atoms with Crippen molar-refractivity contribution in [3.63, 3.8) is 0 Å². The molecule has 1 saturated heterocycles. The monoisotopic (exact) mass is 425 g/mol.